The third-order valence-electron chi connectivity index (χ3n) is 2.05. The fraction of sp³-hybridized carbons (Fsp3) is 0.455. The maximum Gasteiger partial charge on any atom is 0.0446 e. The normalized spacial score (nSPS) is 12.8. The molecule has 14 heavy (non-hydrogen) atoms. The zero-order chi connectivity index (χ0) is 10.4. The Bertz CT molecular complexity index is 278. The van der Waals surface area contributed by atoms with Crippen LogP contribution in [0.5, 0.6) is 0 Å². The number of nitrogens with two attached hydrogens (primary N) is 1. The molecule has 1 aromatic rings. The van der Waals surface area contributed by atoms with Crippen molar-refractivity contribution < 1.29 is 5.11 Å². The lowest BCUT2D eigenvalue weighted by Gasteiger charge is -2.10. The van der Waals surface area contributed by atoms with Crippen LogP contribution >= 0.6 is 11.8 Å². The molecule has 0 saturated heterocycles. The second kappa shape index (κ2) is 6.06. The SMILES string of the molecule is Cc1ccccc1SCC(N)CCO. The van der Waals surface area contributed by atoms with Crippen molar-refractivity contribution in [3.8, 4) is 0 Å². The number of aryl methyl sites for hydroxylation is 1. The van der Waals surface area contributed by atoms with Gasteiger partial charge in [0.1, 0.15) is 0 Å². The maximum atomic E-state index is 8.70. The van der Waals surface area contributed by atoms with E-state index in [1.165, 1.54) is 10.5 Å². The molecular formula is C11H17NOS. The molecule has 0 aliphatic carbocycles. The minimum Gasteiger partial charge on any atom is -0.396 e. The maximum absolute atomic E-state index is 8.70. The minimum atomic E-state index is 0.0876. The molecule has 0 radical (unpaired) electrons. The predicted octanol–water partition coefficient (Wildman–Crippen LogP) is 1.80. The van der Waals surface area contributed by atoms with Gasteiger partial charge in [-0.15, -0.1) is 11.8 Å². The lowest BCUT2D eigenvalue weighted by molar-refractivity contribution is 0.279. The second-order valence-corrected chi connectivity index (χ2v) is 4.41. The van der Waals surface area contributed by atoms with E-state index in [0.29, 0.717) is 6.42 Å². The molecule has 1 unspecified atom stereocenters. The number of thioether (sulfide) groups is 1. The largest absolute Gasteiger partial charge is 0.396 e. The van der Waals surface area contributed by atoms with Crippen LogP contribution in [0.4, 0.5) is 0 Å². The Kier molecular flexibility index (Phi) is 5.01. The van der Waals surface area contributed by atoms with Crippen LogP contribution in [0.2, 0.25) is 0 Å². The molecule has 0 aliphatic rings. The van der Waals surface area contributed by atoms with Crippen molar-refractivity contribution in [3.05, 3.63) is 29.8 Å². The van der Waals surface area contributed by atoms with Gasteiger partial charge in [-0.05, 0) is 25.0 Å². The number of hydrogen-bond acceptors (Lipinski definition) is 3. The number of hydrogen-bond donors (Lipinski definition) is 2. The highest BCUT2D eigenvalue weighted by molar-refractivity contribution is 7.99. The molecule has 0 fully saturated rings. The van der Waals surface area contributed by atoms with Gasteiger partial charge in [0.05, 0.1) is 0 Å². The Hall–Kier alpha value is -0.510. The van der Waals surface area contributed by atoms with E-state index in [1.54, 1.807) is 11.8 Å². The van der Waals surface area contributed by atoms with Crippen molar-refractivity contribution >= 4 is 11.8 Å². The van der Waals surface area contributed by atoms with E-state index in [4.69, 9.17) is 10.8 Å². The van der Waals surface area contributed by atoms with Gasteiger partial charge in [0.25, 0.3) is 0 Å². The molecule has 78 valence electrons. The first-order valence-corrected chi connectivity index (χ1v) is 5.77. The minimum absolute atomic E-state index is 0.0876. The molecule has 1 aromatic carbocycles. The Morgan fingerprint density at radius 3 is 2.79 bits per heavy atom. The quantitative estimate of drug-likeness (QED) is 0.730. The lowest BCUT2D eigenvalue weighted by Crippen LogP contribution is -2.23. The van der Waals surface area contributed by atoms with Crippen LogP contribution in [0.25, 0.3) is 0 Å². The number of aliphatic hydroxyl groups excluding tert-OH is 1. The zero-order valence-corrected chi connectivity index (χ0v) is 9.26. The molecule has 0 bridgehead atoms. The zero-order valence-electron chi connectivity index (χ0n) is 8.44. The molecule has 0 aliphatic heterocycles. The fourth-order valence-corrected chi connectivity index (χ4v) is 2.20. The highest BCUT2D eigenvalue weighted by Crippen LogP contribution is 2.22. The van der Waals surface area contributed by atoms with Crippen LogP contribution < -0.4 is 5.73 Å². The van der Waals surface area contributed by atoms with Gasteiger partial charge in [0.2, 0.25) is 0 Å². The van der Waals surface area contributed by atoms with Gasteiger partial charge in [-0.2, -0.15) is 0 Å². The van der Waals surface area contributed by atoms with Crippen molar-refractivity contribution in [2.45, 2.75) is 24.3 Å². The van der Waals surface area contributed by atoms with E-state index >= 15 is 0 Å². The van der Waals surface area contributed by atoms with E-state index in [1.807, 2.05) is 12.1 Å². The van der Waals surface area contributed by atoms with Gasteiger partial charge < -0.3 is 10.8 Å². The average molecular weight is 211 g/mol. The molecule has 0 spiro atoms. The van der Waals surface area contributed by atoms with Crippen LogP contribution in [0.3, 0.4) is 0 Å². The van der Waals surface area contributed by atoms with Crippen molar-refractivity contribution in [3.63, 3.8) is 0 Å². The molecule has 2 nitrogen and oxygen atoms in total. The van der Waals surface area contributed by atoms with Gasteiger partial charge in [-0.1, -0.05) is 18.2 Å². The summed E-state index contributed by atoms with van der Waals surface area (Å²) in [5, 5.41) is 8.70. The van der Waals surface area contributed by atoms with Gasteiger partial charge in [-0.25, -0.2) is 0 Å². The number of aliphatic hydroxyl groups is 1. The highest BCUT2D eigenvalue weighted by atomic mass is 32.2. The van der Waals surface area contributed by atoms with E-state index in [0.717, 1.165) is 5.75 Å². The average Bonchev–Trinajstić information content (AvgIpc) is 2.17. The van der Waals surface area contributed by atoms with Crippen molar-refractivity contribution in [1.82, 2.24) is 0 Å². The predicted molar refractivity (Wildman–Crippen MR) is 61.6 cm³/mol. The van der Waals surface area contributed by atoms with E-state index in [-0.39, 0.29) is 12.6 Å². The summed E-state index contributed by atoms with van der Waals surface area (Å²) >= 11 is 1.76. The molecule has 0 heterocycles. The Balaban J connectivity index is 2.41. The molecule has 0 aromatic heterocycles. The monoisotopic (exact) mass is 211 g/mol. The summed E-state index contributed by atoms with van der Waals surface area (Å²) in [7, 11) is 0. The summed E-state index contributed by atoms with van der Waals surface area (Å²) in [6.45, 7) is 2.27. The van der Waals surface area contributed by atoms with E-state index in [9.17, 15) is 0 Å². The lowest BCUT2D eigenvalue weighted by atomic mass is 10.2. The van der Waals surface area contributed by atoms with Crippen molar-refractivity contribution in [2.75, 3.05) is 12.4 Å². The summed E-state index contributed by atoms with van der Waals surface area (Å²) in [5.74, 6) is 0.866. The second-order valence-electron chi connectivity index (χ2n) is 3.35. The summed E-state index contributed by atoms with van der Waals surface area (Å²) in [4.78, 5) is 1.28. The van der Waals surface area contributed by atoms with Gasteiger partial charge in [0, 0.05) is 23.3 Å². The van der Waals surface area contributed by atoms with Crippen molar-refractivity contribution in [2.24, 2.45) is 5.73 Å². The fourth-order valence-electron chi connectivity index (χ4n) is 1.16. The molecular weight excluding hydrogens is 194 g/mol. The summed E-state index contributed by atoms with van der Waals surface area (Å²) in [5.41, 5.74) is 7.09. The van der Waals surface area contributed by atoms with Gasteiger partial charge in [0.15, 0.2) is 0 Å². The first-order valence-electron chi connectivity index (χ1n) is 4.79. The Labute approximate surface area is 89.5 Å². The van der Waals surface area contributed by atoms with Gasteiger partial charge in [-0.3, -0.25) is 0 Å². The first-order chi connectivity index (χ1) is 6.74. The summed E-state index contributed by atoms with van der Waals surface area (Å²) in [6.07, 6.45) is 0.679. The van der Waals surface area contributed by atoms with Crippen LogP contribution in [0.1, 0.15) is 12.0 Å². The number of rotatable bonds is 5. The molecule has 1 rings (SSSR count). The molecule has 3 N–H and O–H groups in total. The summed E-state index contributed by atoms with van der Waals surface area (Å²) < 4.78 is 0. The molecule has 3 heteroatoms. The van der Waals surface area contributed by atoms with E-state index < -0.39 is 0 Å². The summed E-state index contributed by atoms with van der Waals surface area (Å²) in [6, 6.07) is 8.36. The van der Waals surface area contributed by atoms with Crippen molar-refractivity contribution in [1.29, 1.82) is 0 Å². The van der Waals surface area contributed by atoms with Crippen LogP contribution in [-0.4, -0.2) is 23.5 Å². The first kappa shape index (κ1) is 11.6. The third kappa shape index (κ3) is 3.70. The van der Waals surface area contributed by atoms with Crippen LogP contribution in [-0.2, 0) is 0 Å². The van der Waals surface area contributed by atoms with E-state index in [2.05, 4.69) is 19.1 Å². The molecule has 1 atom stereocenters. The smallest absolute Gasteiger partial charge is 0.0446 e. The Morgan fingerprint density at radius 1 is 1.43 bits per heavy atom. The van der Waals surface area contributed by atoms with Crippen LogP contribution in [0.15, 0.2) is 29.2 Å². The standard InChI is InChI=1S/C11H17NOS/c1-9-4-2-3-5-11(9)14-8-10(12)6-7-13/h2-5,10,13H,6-8,12H2,1H3. The Morgan fingerprint density at radius 2 is 2.14 bits per heavy atom. The number of benzene rings is 1. The third-order valence-corrected chi connectivity index (χ3v) is 3.41. The topological polar surface area (TPSA) is 46.2 Å². The highest BCUT2D eigenvalue weighted by Gasteiger charge is 2.03. The van der Waals surface area contributed by atoms with Crippen LogP contribution in [0, 0.1) is 6.92 Å². The van der Waals surface area contributed by atoms with Gasteiger partial charge >= 0.3 is 0 Å². The molecule has 0 amide bonds. The molecule has 0 saturated carbocycles.